The lowest BCUT2D eigenvalue weighted by molar-refractivity contribution is -0.123. The van der Waals surface area contributed by atoms with E-state index in [0.29, 0.717) is 12.2 Å². The van der Waals surface area contributed by atoms with Gasteiger partial charge in [0.15, 0.2) is 0 Å². The van der Waals surface area contributed by atoms with Crippen LogP contribution in [0.1, 0.15) is 32.0 Å². The van der Waals surface area contributed by atoms with Crippen molar-refractivity contribution < 1.29 is 9.18 Å². The fraction of sp³-hybridized carbons (Fsp3) is 0.286. The van der Waals surface area contributed by atoms with Gasteiger partial charge in [-0.05, 0) is 29.8 Å². The van der Waals surface area contributed by atoms with Gasteiger partial charge in [0, 0.05) is 11.8 Å². The molecule has 0 N–H and O–H groups in total. The third kappa shape index (κ3) is 4.47. The molecular formula is C21H21FN2OS. The lowest BCUT2D eigenvalue weighted by atomic mass is 9.92. The highest BCUT2D eigenvalue weighted by molar-refractivity contribution is 8.00. The molecule has 5 heteroatoms. The monoisotopic (exact) mass is 368 g/mol. The summed E-state index contributed by atoms with van der Waals surface area (Å²) < 4.78 is 13.2. The number of nitrogens with zero attached hydrogens (tertiary/aromatic N) is 2. The van der Waals surface area contributed by atoms with Crippen molar-refractivity contribution >= 4 is 28.6 Å². The molecule has 0 atom stereocenters. The highest BCUT2D eigenvalue weighted by Gasteiger charge is 2.22. The predicted octanol–water partition coefficient (Wildman–Crippen LogP) is 5.07. The minimum Gasteiger partial charge on any atom is -0.298 e. The predicted molar refractivity (Wildman–Crippen MR) is 104 cm³/mol. The molecule has 26 heavy (non-hydrogen) atoms. The maximum absolute atomic E-state index is 13.2. The van der Waals surface area contributed by atoms with Crippen LogP contribution in [0.4, 0.5) is 4.39 Å². The molecule has 1 heterocycles. The van der Waals surface area contributed by atoms with Gasteiger partial charge in [-0.1, -0.05) is 56.8 Å². The van der Waals surface area contributed by atoms with E-state index in [4.69, 9.17) is 9.97 Å². The zero-order valence-electron chi connectivity index (χ0n) is 15.1. The van der Waals surface area contributed by atoms with Crippen LogP contribution in [0, 0.1) is 11.2 Å². The standard InChI is InChI=1S/C21H21FN2OS/c1-21(2,3)19(25)13-26-20-18(12-14-8-10-15(22)11-9-14)23-16-6-4-5-7-17(16)24-20/h4-11H,12-13H2,1-3H3. The van der Waals surface area contributed by atoms with E-state index in [2.05, 4.69) is 0 Å². The summed E-state index contributed by atoms with van der Waals surface area (Å²) in [4.78, 5) is 21.8. The van der Waals surface area contributed by atoms with Crippen molar-refractivity contribution in [1.82, 2.24) is 9.97 Å². The van der Waals surface area contributed by atoms with Gasteiger partial charge in [-0.15, -0.1) is 0 Å². The molecule has 3 rings (SSSR count). The van der Waals surface area contributed by atoms with Crippen LogP contribution in [0.25, 0.3) is 11.0 Å². The summed E-state index contributed by atoms with van der Waals surface area (Å²) in [7, 11) is 0. The third-order valence-electron chi connectivity index (χ3n) is 4.07. The van der Waals surface area contributed by atoms with E-state index in [1.165, 1.54) is 23.9 Å². The molecule has 0 amide bonds. The second-order valence-electron chi connectivity index (χ2n) is 7.23. The number of carbonyl (C=O) groups excluding carboxylic acids is 1. The Morgan fingerprint density at radius 1 is 1.00 bits per heavy atom. The number of hydrogen-bond acceptors (Lipinski definition) is 4. The summed E-state index contributed by atoms with van der Waals surface area (Å²) in [5.41, 5.74) is 3.01. The van der Waals surface area contributed by atoms with Crippen LogP contribution in [-0.2, 0) is 11.2 Å². The quantitative estimate of drug-likeness (QED) is 0.590. The summed E-state index contributed by atoms with van der Waals surface area (Å²) in [6.45, 7) is 5.75. The minimum absolute atomic E-state index is 0.171. The fourth-order valence-corrected chi connectivity index (χ4v) is 3.55. The SMILES string of the molecule is CC(C)(C)C(=O)CSc1nc2ccccc2nc1Cc1ccc(F)cc1. The molecular weight excluding hydrogens is 347 g/mol. The van der Waals surface area contributed by atoms with Gasteiger partial charge in [0.25, 0.3) is 0 Å². The molecule has 0 spiro atoms. The van der Waals surface area contributed by atoms with Gasteiger partial charge < -0.3 is 0 Å². The smallest absolute Gasteiger partial charge is 0.148 e. The minimum atomic E-state index is -0.381. The van der Waals surface area contributed by atoms with Gasteiger partial charge >= 0.3 is 0 Å². The number of hydrogen-bond donors (Lipinski definition) is 0. The van der Waals surface area contributed by atoms with Crippen molar-refractivity contribution in [3.8, 4) is 0 Å². The average molecular weight is 368 g/mol. The number of para-hydroxylation sites is 2. The molecule has 134 valence electrons. The first-order valence-electron chi connectivity index (χ1n) is 8.49. The molecule has 0 saturated heterocycles. The molecule has 0 bridgehead atoms. The average Bonchev–Trinajstić information content (AvgIpc) is 2.60. The molecule has 0 aliphatic rings. The first-order chi connectivity index (χ1) is 12.3. The molecule has 3 nitrogen and oxygen atoms in total. The van der Waals surface area contributed by atoms with Gasteiger partial charge in [0.05, 0.1) is 22.5 Å². The maximum Gasteiger partial charge on any atom is 0.148 e. The number of Topliss-reactive ketones (excluding diaryl/α,β-unsaturated/α-hetero) is 1. The summed E-state index contributed by atoms with van der Waals surface area (Å²) in [6.07, 6.45) is 0.546. The van der Waals surface area contributed by atoms with Crippen molar-refractivity contribution in [1.29, 1.82) is 0 Å². The van der Waals surface area contributed by atoms with Crippen molar-refractivity contribution in [3.05, 3.63) is 65.6 Å². The van der Waals surface area contributed by atoms with Gasteiger partial charge in [0.2, 0.25) is 0 Å². The van der Waals surface area contributed by atoms with Crippen LogP contribution in [-0.4, -0.2) is 21.5 Å². The summed E-state index contributed by atoms with van der Waals surface area (Å²) in [6, 6.07) is 14.1. The van der Waals surface area contributed by atoms with E-state index in [1.54, 1.807) is 12.1 Å². The number of benzene rings is 2. The molecule has 0 aliphatic heterocycles. The molecule has 2 aromatic carbocycles. The zero-order chi connectivity index (χ0) is 18.7. The molecule has 1 aromatic heterocycles. The second kappa shape index (κ2) is 7.54. The van der Waals surface area contributed by atoms with Crippen LogP contribution in [0.2, 0.25) is 0 Å². The summed E-state index contributed by atoms with van der Waals surface area (Å²) >= 11 is 1.42. The largest absolute Gasteiger partial charge is 0.298 e. The Balaban J connectivity index is 1.93. The van der Waals surface area contributed by atoms with Gasteiger partial charge in [0.1, 0.15) is 16.6 Å². The van der Waals surface area contributed by atoms with Crippen LogP contribution in [0.3, 0.4) is 0 Å². The number of ketones is 1. The van der Waals surface area contributed by atoms with E-state index in [9.17, 15) is 9.18 Å². The highest BCUT2D eigenvalue weighted by atomic mass is 32.2. The molecule has 0 radical (unpaired) electrons. The Bertz CT molecular complexity index is 933. The Hall–Kier alpha value is -2.27. The van der Waals surface area contributed by atoms with E-state index < -0.39 is 0 Å². The number of carbonyl (C=O) groups is 1. The first kappa shape index (κ1) is 18.5. The van der Waals surface area contributed by atoms with E-state index in [-0.39, 0.29) is 17.0 Å². The van der Waals surface area contributed by atoms with Crippen LogP contribution >= 0.6 is 11.8 Å². The Kier molecular flexibility index (Phi) is 5.37. The van der Waals surface area contributed by atoms with E-state index in [1.807, 2.05) is 45.0 Å². The number of halogens is 1. The third-order valence-corrected chi connectivity index (χ3v) is 5.07. The van der Waals surface area contributed by atoms with Crippen LogP contribution < -0.4 is 0 Å². The fourth-order valence-electron chi connectivity index (χ4n) is 2.40. The molecule has 3 aromatic rings. The maximum atomic E-state index is 13.2. The molecule has 0 unspecified atom stereocenters. The number of fused-ring (bicyclic) bond motifs is 1. The normalized spacial score (nSPS) is 11.7. The lowest BCUT2D eigenvalue weighted by Gasteiger charge is -2.16. The Morgan fingerprint density at radius 3 is 2.23 bits per heavy atom. The number of rotatable bonds is 5. The lowest BCUT2D eigenvalue weighted by Crippen LogP contribution is -2.22. The molecule has 0 saturated carbocycles. The number of aromatic nitrogens is 2. The van der Waals surface area contributed by atoms with E-state index in [0.717, 1.165) is 27.3 Å². The zero-order valence-corrected chi connectivity index (χ0v) is 15.9. The van der Waals surface area contributed by atoms with Crippen molar-refractivity contribution in [2.24, 2.45) is 5.41 Å². The van der Waals surface area contributed by atoms with Crippen molar-refractivity contribution in [2.45, 2.75) is 32.2 Å². The molecule has 0 aliphatic carbocycles. The number of thioether (sulfide) groups is 1. The van der Waals surface area contributed by atoms with Crippen molar-refractivity contribution in [3.63, 3.8) is 0 Å². The van der Waals surface area contributed by atoms with Gasteiger partial charge in [-0.3, -0.25) is 4.79 Å². The topological polar surface area (TPSA) is 42.9 Å². The highest BCUT2D eigenvalue weighted by Crippen LogP contribution is 2.27. The van der Waals surface area contributed by atoms with Crippen molar-refractivity contribution in [2.75, 3.05) is 5.75 Å². The van der Waals surface area contributed by atoms with Crippen LogP contribution in [0.15, 0.2) is 53.6 Å². The van der Waals surface area contributed by atoms with Gasteiger partial charge in [-0.25, -0.2) is 14.4 Å². The molecule has 0 fully saturated rings. The summed E-state index contributed by atoms with van der Waals surface area (Å²) in [5.74, 6) is 0.265. The Labute approximate surface area is 157 Å². The summed E-state index contributed by atoms with van der Waals surface area (Å²) in [5, 5.41) is 0.755. The van der Waals surface area contributed by atoms with Gasteiger partial charge in [-0.2, -0.15) is 0 Å². The Morgan fingerprint density at radius 2 is 1.62 bits per heavy atom. The first-order valence-corrected chi connectivity index (χ1v) is 9.48. The van der Waals surface area contributed by atoms with Crippen LogP contribution in [0.5, 0.6) is 0 Å². The van der Waals surface area contributed by atoms with E-state index >= 15 is 0 Å². The second-order valence-corrected chi connectivity index (χ2v) is 8.19.